The first kappa shape index (κ1) is 9.21. The van der Waals surface area contributed by atoms with E-state index in [-0.39, 0.29) is 11.8 Å². The van der Waals surface area contributed by atoms with Gasteiger partial charge in [0.1, 0.15) is 0 Å². The number of imidazole rings is 1. The van der Waals surface area contributed by atoms with Gasteiger partial charge in [0.05, 0.1) is 6.61 Å². The van der Waals surface area contributed by atoms with Gasteiger partial charge in [0.15, 0.2) is 0 Å². The Morgan fingerprint density at radius 3 is 2.92 bits per heavy atom. The predicted octanol–water partition coefficient (Wildman–Crippen LogP) is 0.525. The summed E-state index contributed by atoms with van der Waals surface area (Å²) in [5.41, 5.74) is 0. The largest absolute Gasteiger partial charge is 0.334 e. The molecule has 0 aromatic carbocycles. The Kier molecular flexibility index (Phi) is 2.83. The monoisotopic (exact) mass is 190 g/mol. The average molecular weight is 190 g/mol. The van der Waals surface area contributed by atoms with Crippen molar-refractivity contribution in [2.24, 2.45) is 0 Å². The summed E-state index contributed by atoms with van der Waals surface area (Å²) in [5.74, 6) is 0. The van der Waals surface area contributed by atoms with Crippen molar-refractivity contribution in [1.29, 1.82) is 0 Å². The second-order valence-electron chi connectivity index (χ2n) is 2.17. The van der Waals surface area contributed by atoms with Crippen molar-refractivity contribution < 1.29 is 12.6 Å². The molecule has 6 heteroatoms. The normalized spacial score (nSPS) is 11.8. The van der Waals surface area contributed by atoms with Gasteiger partial charge in [-0.3, -0.25) is 4.18 Å². The fourth-order valence-electron chi connectivity index (χ4n) is 0.636. The number of nitrogens with one attached hydrogen (secondary N) is 1. The lowest BCUT2D eigenvalue weighted by molar-refractivity contribution is 0.315. The molecule has 5 nitrogen and oxygen atoms in total. The van der Waals surface area contributed by atoms with Gasteiger partial charge in [-0.1, -0.05) is 6.92 Å². The van der Waals surface area contributed by atoms with E-state index in [1.807, 2.05) is 6.92 Å². The van der Waals surface area contributed by atoms with Crippen LogP contribution in [0.5, 0.6) is 0 Å². The molecule has 0 bridgehead atoms. The van der Waals surface area contributed by atoms with E-state index in [2.05, 4.69) is 14.2 Å². The zero-order valence-corrected chi connectivity index (χ0v) is 7.47. The first-order chi connectivity index (χ1) is 5.67. The predicted molar refractivity (Wildman–Crippen MR) is 42.0 cm³/mol. The molecule has 0 fully saturated rings. The maximum atomic E-state index is 11.1. The zero-order chi connectivity index (χ0) is 9.03. The van der Waals surface area contributed by atoms with Crippen molar-refractivity contribution in [3.63, 3.8) is 0 Å². The summed E-state index contributed by atoms with van der Waals surface area (Å²) in [6.45, 7) is 2.01. The fourth-order valence-corrected chi connectivity index (χ4v) is 1.54. The first-order valence-corrected chi connectivity index (χ1v) is 4.96. The second-order valence-corrected chi connectivity index (χ2v) is 3.70. The van der Waals surface area contributed by atoms with Crippen molar-refractivity contribution >= 4 is 10.1 Å². The molecular formula is C6H10N2O3S. The summed E-state index contributed by atoms with van der Waals surface area (Å²) in [4.78, 5) is 6.03. The summed E-state index contributed by atoms with van der Waals surface area (Å²) < 4.78 is 26.9. The highest BCUT2D eigenvalue weighted by molar-refractivity contribution is 7.86. The molecule has 0 amide bonds. The molecule has 1 N–H and O–H groups in total. The van der Waals surface area contributed by atoms with Crippen molar-refractivity contribution in [1.82, 2.24) is 9.97 Å². The maximum Gasteiger partial charge on any atom is 0.331 e. The van der Waals surface area contributed by atoms with E-state index >= 15 is 0 Å². The minimum absolute atomic E-state index is 0.143. The van der Waals surface area contributed by atoms with Crippen LogP contribution in [0.2, 0.25) is 0 Å². The Balaban J connectivity index is 2.74. The molecule has 68 valence electrons. The van der Waals surface area contributed by atoms with Gasteiger partial charge < -0.3 is 4.98 Å². The van der Waals surface area contributed by atoms with Gasteiger partial charge in [0.25, 0.3) is 5.16 Å². The van der Waals surface area contributed by atoms with Crippen LogP contribution in [0.3, 0.4) is 0 Å². The molecule has 1 heterocycles. The van der Waals surface area contributed by atoms with E-state index < -0.39 is 10.1 Å². The quantitative estimate of drug-likeness (QED) is 0.703. The van der Waals surface area contributed by atoms with E-state index in [0.717, 1.165) is 0 Å². The summed E-state index contributed by atoms with van der Waals surface area (Å²) >= 11 is 0. The lowest BCUT2D eigenvalue weighted by Crippen LogP contribution is -2.08. The molecule has 1 aromatic rings. The van der Waals surface area contributed by atoms with Gasteiger partial charge in [-0.05, 0) is 6.42 Å². The van der Waals surface area contributed by atoms with Crippen LogP contribution < -0.4 is 0 Å². The highest BCUT2D eigenvalue weighted by Crippen LogP contribution is 2.04. The molecule has 12 heavy (non-hydrogen) atoms. The number of aromatic amines is 1. The van der Waals surface area contributed by atoms with Crippen LogP contribution in [0, 0.1) is 0 Å². The molecule has 1 aromatic heterocycles. The van der Waals surface area contributed by atoms with Crippen LogP contribution in [-0.4, -0.2) is 25.0 Å². The summed E-state index contributed by atoms with van der Waals surface area (Å²) in [6.07, 6.45) is 3.45. The summed E-state index contributed by atoms with van der Waals surface area (Å²) in [6, 6.07) is 0. The number of hydrogen-bond acceptors (Lipinski definition) is 4. The van der Waals surface area contributed by atoms with E-state index in [4.69, 9.17) is 0 Å². The van der Waals surface area contributed by atoms with Crippen LogP contribution in [-0.2, 0) is 14.3 Å². The van der Waals surface area contributed by atoms with Crippen molar-refractivity contribution in [3.8, 4) is 0 Å². The zero-order valence-electron chi connectivity index (χ0n) is 6.65. The van der Waals surface area contributed by atoms with E-state index in [1.165, 1.54) is 12.4 Å². The number of aromatic nitrogens is 2. The van der Waals surface area contributed by atoms with Crippen LogP contribution >= 0.6 is 0 Å². The second kappa shape index (κ2) is 3.68. The highest BCUT2D eigenvalue weighted by Gasteiger charge is 2.16. The SMILES string of the molecule is CCCOS(=O)(=O)c1ncc[nH]1. The van der Waals surface area contributed by atoms with Gasteiger partial charge in [0, 0.05) is 12.4 Å². The smallest absolute Gasteiger partial charge is 0.331 e. The molecule has 0 radical (unpaired) electrons. The van der Waals surface area contributed by atoms with Gasteiger partial charge in [-0.25, -0.2) is 4.98 Å². The van der Waals surface area contributed by atoms with Crippen LogP contribution in [0.25, 0.3) is 0 Å². The van der Waals surface area contributed by atoms with E-state index in [9.17, 15) is 8.42 Å². The molecule has 0 saturated heterocycles. The maximum absolute atomic E-state index is 11.1. The Labute approximate surface area is 70.9 Å². The van der Waals surface area contributed by atoms with Gasteiger partial charge in [0.2, 0.25) is 0 Å². The molecule has 0 saturated carbocycles. The van der Waals surface area contributed by atoms with Gasteiger partial charge in [-0.15, -0.1) is 0 Å². The summed E-state index contributed by atoms with van der Waals surface area (Å²) in [5, 5.41) is -0.143. The van der Waals surface area contributed by atoms with E-state index in [0.29, 0.717) is 6.42 Å². The highest BCUT2D eigenvalue weighted by atomic mass is 32.2. The lowest BCUT2D eigenvalue weighted by Gasteiger charge is -1.99. The molecule has 0 unspecified atom stereocenters. The van der Waals surface area contributed by atoms with Crippen molar-refractivity contribution in [3.05, 3.63) is 12.4 Å². The average Bonchev–Trinajstić information content (AvgIpc) is 2.53. The third kappa shape index (κ3) is 2.05. The van der Waals surface area contributed by atoms with Crippen molar-refractivity contribution in [2.45, 2.75) is 18.5 Å². The van der Waals surface area contributed by atoms with Crippen LogP contribution in [0.15, 0.2) is 17.6 Å². The number of nitrogens with zero attached hydrogens (tertiary/aromatic N) is 1. The Morgan fingerprint density at radius 1 is 1.67 bits per heavy atom. The first-order valence-electron chi connectivity index (χ1n) is 3.55. The van der Waals surface area contributed by atoms with Crippen molar-refractivity contribution in [2.75, 3.05) is 6.61 Å². The lowest BCUT2D eigenvalue weighted by atomic mass is 10.5. The van der Waals surface area contributed by atoms with Gasteiger partial charge in [-0.2, -0.15) is 8.42 Å². The van der Waals surface area contributed by atoms with E-state index in [1.54, 1.807) is 0 Å². The Hall–Kier alpha value is -0.880. The third-order valence-electron chi connectivity index (χ3n) is 1.15. The summed E-state index contributed by atoms with van der Waals surface area (Å²) in [7, 11) is -3.65. The standard InChI is InChI=1S/C6H10N2O3S/c1-2-5-11-12(9,10)6-7-3-4-8-6/h3-4H,2,5H2,1H3,(H,7,8). The number of rotatable bonds is 4. The van der Waals surface area contributed by atoms with Crippen LogP contribution in [0.1, 0.15) is 13.3 Å². The topological polar surface area (TPSA) is 72.1 Å². The minimum atomic E-state index is -3.65. The molecule has 0 atom stereocenters. The number of H-pyrrole nitrogens is 1. The number of hydrogen-bond donors (Lipinski definition) is 1. The fraction of sp³-hybridized carbons (Fsp3) is 0.500. The molecule has 0 aliphatic rings. The molecular weight excluding hydrogens is 180 g/mol. The Bertz CT molecular complexity index is 317. The van der Waals surface area contributed by atoms with Gasteiger partial charge >= 0.3 is 10.1 Å². The Morgan fingerprint density at radius 2 is 2.42 bits per heavy atom. The molecule has 0 aliphatic heterocycles. The molecule has 0 aliphatic carbocycles. The molecule has 1 rings (SSSR count). The molecule has 0 spiro atoms. The van der Waals surface area contributed by atoms with Crippen LogP contribution in [0.4, 0.5) is 0 Å². The third-order valence-corrected chi connectivity index (χ3v) is 2.33. The minimum Gasteiger partial charge on any atom is -0.334 e.